The second kappa shape index (κ2) is 8.96. The Kier molecular flexibility index (Phi) is 5.19. The molecule has 0 saturated heterocycles. The molecule has 1 N–H and O–H groups in total. The summed E-state index contributed by atoms with van der Waals surface area (Å²) in [6.45, 7) is 0. The van der Waals surface area contributed by atoms with Crippen molar-refractivity contribution >= 4 is 21.8 Å². The maximum absolute atomic E-state index is 3.76. The van der Waals surface area contributed by atoms with Crippen molar-refractivity contribution in [2.45, 2.75) is 0 Å². The van der Waals surface area contributed by atoms with Crippen LogP contribution in [0, 0.1) is 0 Å². The van der Waals surface area contributed by atoms with Crippen molar-refractivity contribution in [3.8, 4) is 44.5 Å². The number of benzene rings is 6. The van der Waals surface area contributed by atoms with Gasteiger partial charge in [-0.15, -0.1) is 0 Å². The van der Waals surface area contributed by atoms with E-state index in [0.717, 1.165) is 5.52 Å². The fourth-order valence-electron chi connectivity index (χ4n) is 5.59. The summed E-state index contributed by atoms with van der Waals surface area (Å²) >= 11 is 0. The Hall–Kier alpha value is -4.88. The first kappa shape index (κ1) is 21.4. The predicted octanol–water partition coefficient (Wildman–Crippen LogP) is 9.99. The number of hydrogen-bond acceptors (Lipinski definition) is 0. The number of nitrogens with one attached hydrogen (secondary N) is 1. The summed E-state index contributed by atoms with van der Waals surface area (Å²) in [5.41, 5.74) is 12.1. The zero-order valence-electron chi connectivity index (χ0n) is 20.4. The topological polar surface area (TPSA) is 15.8 Å². The van der Waals surface area contributed by atoms with Gasteiger partial charge in [0.1, 0.15) is 0 Å². The second-order valence-corrected chi connectivity index (χ2v) is 9.41. The van der Waals surface area contributed by atoms with Gasteiger partial charge < -0.3 is 4.98 Å². The lowest BCUT2D eigenvalue weighted by Crippen LogP contribution is -1.95. The number of para-hydroxylation sites is 2. The highest BCUT2D eigenvalue weighted by Gasteiger charge is 2.21. The van der Waals surface area contributed by atoms with Gasteiger partial charge in [0.15, 0.2) is 0 Å². The van der Waals surface area contributed by atoms with E-state index in [1.165, 1.54) is 60.8 Å². The zero-order chi connectivity index (χ0) is 24.6. The first-order valence-electron chi connectivity index (χ1n) is 12.7. The van der Waals surface area contributed by atoms with E-state index in [0.29, 0.717) is 0 Å². The summed E-state index contributed by atoms with van der Waals surface area (Å²) < 4.78 is 0. The first-order chi connectivity index (χ1) is 18.4. The molecule has 0 fully saturated rings. The van der Waals surface area contributed by atoms with Crippen LogP contribution in [0.5, 0.6) is 0 Å². The molecule has 1 aromatic heterocycles. The summed E-state index contributed by atoms with van der Waals surface area (Å²) in [7, 11) is 0. The quantitative estimate of drug-likeness (QED) is 0.263. The van der Waals surface area contributed by atoms with Gasteiger partial charge in [-0.3, -0.25) is 0 Å². The van der Waals surface area contributed by atoms with Crippen molar-refractivity contribution in [1.29, 1.82) is 0 Å². The van der Waals surface area contributed by atoms with Crippen LogP contribution in [0.1, 0.15) is 0 Å². The molecule has 1 heteroatoms. The van der Waals surface area contributed by atoms with Crippen LogP contribution in [0.4, 0.5) is 0 Å². The minimum absolute atomic E-state index is 1.16. The van der Waals surface area contributed by atoms with Crippen LogP contribution in [0.2, 0.25) is 0 Å². The molecule has 0 radical (unpaired) electrons. The van der Waals surface area contributed by atoms with Crippen molar-refractivity contribution in [3.63, 3.8) is 0 Å². The van der Waals surface area contributed by atoms with Gasteiger partial charge in [0.25, 0.3) is 0 Å². The summed E-state index contributed by atoms with van der Waals surface area (Å²) in [5.74, 6) is 0. The number of fused-ring (bicyclic) bond motifs is 3. The summed E-state index contributed by atoms with van der Waals surface area (Å²) in [4.78, 5) is 3.76. The largest absolute Gasteiger partial charge is 0.354 e. The van der Waals surface area contributed by atoms with Crippen LogP contribution in [0.25, 0.3) is 66.3 Å². The highest BCUT2D eigenvalue weighted by atomic mass is 14.7. The average Bonchev–Trinajstić information content (AvgIpc) is 3.37. The van der Waals surface area contributed by atoms with Gasteiger partial charge in [-0.1, -0.05) is 140 Å². The normalized spacial score (nSPS) is 11.2. The molecular weight excluding hydrogens is 446 g/mol. The fourth-order valence-corrected chi connectivity index (χ4v) is 5.59. The highest BCUT2D eigenvalue weighted by Crippen LogP contribution is 2.47. The first-order valence-corrected chi connectivity index (χ1v) is 12.7. The third-order valence-corrected chi connectivity index (χ3v) is 7.25. The minimum Gasteiger partial charge on any atom is -0.354 e. The monoisotopic (exact) mass is 471 g/mol. The Morgan fingerprint density at radius 2 is 0.838 bits per heavy atom. The molecule has 0 bridgehead atoms. The molecule has 174 valence electrons. The van der Waals surface area contributed by atoms with E-state index >= 15 is 0 Å². The Bertz CT molecular complexity index is 1850. The maximum Gasteiger partial charge on any atom is 0.0544 e. The number of rotatable bonds is 4. The minimum atomic E-state index is 1.16. The molecule has 7 rings (SSSR count). The van der Waals surface area contributed by atoms with Crippen LogP contribution in [0.3, 0.4) is 0 Å². The van der Waals surface area contributed by atoms with Crippen LogP contribution < -0.4 is 0 Å². The SMILES string of the molecule is c1ccc(-c2ccc(-c3ccccc3)c(-c3cccc4c3[nH]c3ccccc34)c2-c2ccccc2)cc1. The number of aromatic amines is 1. The molecule has 6 aromatic carbocycles. The summed E-state index contributed by atoms with van der Waals surface area (Å²) in [5, 5.41) is 2.50. The van der Waals surface area contributed by atoms with E-state index < -0.39 is 0 Å². The molecule has 7 aromatic rings. The van der Waals surface area contributed by atoms with Crippen molar-refractivity contribution in [2.75, 3.05) is 0 Å². The van der Waals surface area contributed by atoms with Crippen molar-refractivity contribution < 1.29 is 0 Å². The summed E-state index contributed by atoms with van der Waals surface area (Å²) in [6.07, 6.45) is 0. The molecule has 0 aliphatic rings. The van der Waals surface area contributed by atoms with Crippen molar-refractivity contribution in [3.05, 3.63) is 146 Å². The summed E-state index contributed by atoms with van der Waals surface area (Å²) in [6, 6.07) is 52.1. The molecule has 1 nitrogen and oxygen atoms in total. The number of H-pyrrole nitrogens is 1. The standard InChI is InChI=1S/C36H25N/c1-4-13-25(14-5-1)28-23-24-29(26-15-6-2-7-16-26)35(34(28)27-17-8-3-9-18-27)32-21-12-20-31-30-19-10-11-22-33(30)37-36(31)32/h1-24,37H. The molecular formula is C36H25N. The highest BCUT2D eigenvalue weighted by molar-refractivity contribution is 6.15. The van der Waals surface area contributed by atoms with Crippen LogP contribution in [-0.2, 0) is 0 Å². The maximum atomic E-state index is 3.76. The van der Waals surface area contributed by atoms with Crippen LogP contribution in [0.15, 0.2) is 146 Å². The predicted molar refractivity (Wildman–Crippen MR) is 158 cm³/mol. The van der Waals surface area contributed by atoms with Gasteiger partial charge in [-0.05, 0) is 39.4 Å². The van der Waals surface area contributed by atoms with Crippen LogP contribution >= 0.6 is 0 Å². The van der Waals surface area contributed by atoms with E-state index in [1.54, 1.807) is 0 Å². The lowest BCUT2D eigenvalue weighted by Gasteiger charge is -2.21. The average molecular weight is 472 g/mol. The van der Waals surface area contributed by atoms with Crippen molar-refractivity contribution in [1.82, 2.24) is 4.98 Å². The zero-order valence-corrected chi connectivity index (χ0v) is 20.4. The molecule has 0 saturated carbocycles. The van der Waals surface area contributed by atoms with E-state index in [4.69, 9.17) is 0 Å². The molecule has 0 unspecified atom stereocenters. The van der Waals surface area contributed by atoms with Crippen molar-refractivity contribution in [2.24, 2.45) is 0 Å². The smallest absolute Gasteiger partial charge is 0.0544 e. The van der Waals surface area contributed by atoms with Gasteiger partial charge in [0, 0.05) is 27.4 Å². The second-order valence-electron chi connectivity index (χ2n) is 9.41. The van der Waals surface area contributed by atoms with Gasteiger partial charge >= 0.3 is 0 Å². The lowest BCUT2D eigenvalue weighted by molar-refractivity contribution is 1.52. The molecule has 0 amide bonds. The number of aromatic nitrogens is 1. The molecule has 0 spiro atoms. The third kappa shape index (κ3) is 3.64. The van der Waals surface area contributed by atoms with E-state index in [2.05, 4.69) is 151 Å². The molecule has 37 heavy (non-hydrogen) atoms. The third-order valence-electron chi connectivity index (χ3n) is 7.25. The molecule has 0 aliphatic carbocycles. The van der Waals surface area contributed by atoms with Gasteiger partial charge in [-0.25, -0.2) is 0 Å². The Morgan fingerprint density at radius 3 is 1.49 bits per heavy atom. The lowest BCUT2D eigenvalue weighted by atomic mass is 9.82. The van der Waals surface area contributed by atoms with Gasteiger partial charge in [0.05, 0.1) is 5.52 Å². The van der Waals surface area contributed by atoms with E-state index in [1.807, 2.05) is 0 Å². The van der Waals surface area contributed by atoms with E-state index in [-0.39, 0.29) is 0 Å². The van der Waals surface area contributed by atoms with Gasteiger partial charge in [0.2, 0.25) is 0 Å². The Balaban J connectivity index is 1.66. The Morgan fingerprint density at radius 1 is 0.324 bits per heavy atom. The molecule has 1 heterocycles. The van der Waals surface area contributed by atoms with E-state index in [9.17, 15) is 0 Å². The van der Waals surface area contributed by atoms with Gasteiger partial charge in [-0.2, -0.15) is 0 Å². The number of hydrogen-bond donors (Lipinski definition) is 1. The molecule has 0 aliphatic heterocycles. The van der Waals surface area contributed by atoms with Crippen LogP contribution in [-0.4, -0.2) is 4.98 Å². The molecule has 0 atom stereocenters. The fraction of sp³-hybridized carbons (Fsp3) is 0. The Labute approximate surface area is 216 Å².